The number of nitrogens with one attached hydrogen (secondary N) is 2. The fraction of sp³-hybridized carbons (Fsp3) is 0.217. The van der Waals surface area contributed by atoms with Gasteiger partial charge in [-0.05, 0) is 56.2 Å². The zero-order chi connectivity index (χ0) is 22.0. The molecule has 4 rings (SSSR count). The average Bonchev–Trinajstić information content (AvgIpc) is 3.39. The second kappa shape index (κ2) is 8.40. The molecule has 0 saturated heterocycles. The van der Waals surface area contributed by atoms with Gasteiger partial charge in [0.1, 0.15) is 23.3 Å². The van der Waals surface area contributed by atoms with Crippen molar-refractivity contribution in [2.75, 3.05) is 6.61 Å². The predicted octanol–water partition coefficient (Wildman–Crippen LogP) is 4.49. The van der Waals surface area contributed by atoms with Gasteiger partial charge in [-0.3, -0.25) is 9.89 Å². The van der Waals surface area contributed by atoms with E-state index in [4.69, 9.17) is 10.00 Å². The lowest BCUT2D eigenvalue weighted by atomic mass is 10.0. The first-order chi connectivity index (χ1) is 15.0. The molecular formula is C23H20FN5O2. The van der Waals surface area contributed by atoms with Crippen LogP contribution in [0.15, 0.2) is 36.5 Å². The molecule has 8 heteroatoms. The van der Waals surface area contributed by atoms with Crippen LogP contribution in [0.1, 0.15) is 40.7 Å². The Morgan fingerprint density at radius 2 is 2.13 bits per heavy atom. The minimum atomic E-state index is -0.522. The number of hydrogen-bond donors (Lipinski definition) is 2. The van der Waals surface area contributed by atoms with Gasteiger partial charge in [-0.15, -0.1) is 0 Å². The van der Waals surface area contributed by atoms with Gasteiger partial charge in [-0.25, -0.2) is 9.37 Å². The smallest absolute Gasteiger partial charge is 0.179 e. The third-order valence-electron chi connectivity index (χ3n) is 5.08. The summed E-state index contributed by atoms with van der Waals surface area (Å²) in [6.45, 7) is 4.06. The van der Waals surface area contributed by atoms with E-state index in [-0.39, 0.29) is 24.2 Å². The molecule has 0 radical (unpaired) electrons. The highest BCUT2D eigenvalue weighted by Gasteiger charge is 2.15. The zero-order valence-corrected chi connectivity index (χ0v) is 17.1. The molecule has 0 amide bonds. The number of nitriles is 1. The summed E-state index contributed by atoms with van der Waals surface area (Å²) < 4.78 is 19.8. The number of aryl methyl sites for hydroxylation is 2. The van der Waals surface area contributed by atoms with Gasteiger partial charge in [0.15, 0.2) is 5.78 Å². The van der Waals surface area contributed by atoms with Gasteiger partial charge in [0, 0.05) is 23.1 Å². The fourth-order valence-corrected chi connectivity index (χ4v) is 3.45. The van der Waals surface area contributed by atoms with Crippen molar-refractivity contribution in [3.63, 3.8) is 0 Å². The molecule has 7 nitrogen and oxygen atoms in total. The van der Waals surface area contributed by atoms with Crippen LogP contribution in [-0.2, 0) is 6.42 Å². The van der Waals surface area contributed by atoms with Crippen LogP contribution in [0.5, 0.6) is 5.75 Å². The number of Topliss-reactive ketones (excluding diaryl/α,β-unsaturated/α-hetero) is 1. The third kappa shape index (κ3) is 4.03. The van der Waals surface area contributed by atoms with Gasteiger partial charge in [-0.2, -0.15) is 10.4 Å². The van der Waals surface area contributed by atoms with Crippen molar-refractivity contribution in [1.82, 2.24) is 20.2 Å². The Morgan fingerprint density at radius 1 is 1.29 bits per heavy atom. The third-order valence-corrected chi connectivity index (χ3v) is 5.08. The van der Waals surface area contributed by atoms with Crippen LogP contribution in [0, 0.1) is 24.1 Å². The van der Waals surface area contributed by atoms with Crippen molar-refractivity contribution in [1.29, 1.82) is 5.26 Å². The second-order valence-corrected chi connectivity index (χ2v) is 7.13. The quantitative estimate of drug-likeness (QED) is 0.431. The van der Waals surface area contributed by atoms with Crippen molar-refractivity contribution in [3.8, 4) is 23.1 Å². The number of halogens is 1. The molecule has 0 saturated carbocycles. The van der Waals surface area contributed by atoms with Crippen LogP contribution in [0.2, 0.25) is 0 Å². The van der Waals surface area contributed by atoms with Crippen LogP contribution < -0.4 is 4.74 Å². The molecule has 3 heterocycles. The SMILES string of the molecule is CCOc1cc(CCC(=O)c2cc3ccc(-c4cn[nH]c4C)nc3[nH]2)c(F)cc1C#N. The maximum absolute atomic E-state index is 14.3. The number of rotatable bonds is 7. The van der Waals surface area contributed by atoms with Crippen LogP contribution in [-0.4, -0.2) is 32.6 Å². The highest BCUT2D eigenvalue weighted by atomic mass is 19.1. The molecule has 0 aliphatic carbocycles. The van der Waals surface area contributed by atoms with E-state index >= 15 is 0 Å². The summed E-state index contributed by atoms with van der Waals surface area (Å²) >= 11 is 0. The number of hydrogen-bond acceptors (Lipinski definition) is 5. The van der Waals surface area contributed by atoms with E-state index < -0.39 is 5.82 Å². The molecule has 2 N–H and O–H groups in total. The van der Waals surface area contributed by atoms with Crippen LogP contribution >= 0.6 is 0 Å². The number of carbonyl (C=O) groups excluding carboxylic acids is 1. The van der Waals surface area contributed by atoms with Crippen LogP contribution in [0.4, 0.5) is 4.39 Å². The molecule has 0 aliphatic rings. The highest BCUT2D eigenvalue weighted by Crippen LogP contribution is 2.25. The summed E-state index contributed by atoms with van der Waals surface area (Å²) in [5, 5.41) is 16.8. The number of carbonyl (C=O) groups is 1. The van der Waals surface area contributed by atoms with Crippen molar-refractivity contribution in [3.05, 3.63) is 64.9 Å². The Morgan fingerprint density at radius 3 is 2.84 bits per heavy atom. The van der Waals surface area contributed by atoms with E-state index in [1.165, 1.54) is 6.07 Å². The predicted molar refractivity (Wildman–Crippen MR) is 113 cm³/mol. The normalized spacial score (nSPS) is 10.9. The first kappa shape index (κ1) is 20.3. The lowest BCUT2D eigenvalue weighted by molar-refractivity contribution is 0.0978. The van der Waals surface area contributed by atoms with Crippen molar-refractivity contribution < 1.29 is 13.9 Å². The number of fused-ring (bicyclic) bond motifs is 1. The maximum Gasteiger partial charge on any atom is 0.179 e. The molecule has 0 aliphatic heterocycles. The minimum Gasteiger partial charge on any atom is -0.492 e. The molecule has 4 aromatic rings. The molecular weight excluding hydrogens is 397 g/mol. The van der Waals surface area contributed by atoms with Crippen molar-refractivity contribution in [2.45, 2.75) is 26.7 Å². The number of pyridine rings is 1. The number of H-pyrrole nitrogens is 2. The first-order valence-corrected chi connectivity index (χ1v) is 9.88. The molecule has 31 heavy (non-hydrogen) atoms. The van der Waals surface area contributed by atoms with E-state index in [1.807, 2.05) is 25.1 Å². The summed E-state index contributed by atoms with van der Waals surface area (Å²) in [5.74, 6) is -0.349. The Labute approximate surface area is 177 Å². The molecule has 156 valence electrons. The molecule has 0 atom stereocenters. The van der Waals surface area contributed by atoms with E-state index in [0.29, 0.717) is 29.3 Å². The molecule has 0 unspecified atom stereocenters. The fourth-order valence-electron chi connectivity index (χ4n) is 3.45. The molecule has 1 aromatic carbocycles. The highest BCUT2D eigenvalue weighted by molar-refractivity contribution is 5.99. The maximum atomic E-state index is 14.3. The lowest BCUT2D eigenvalue weighted by Gasteiger charge is -2.09. The largest absolute Gasteiger partial charge is 0.492 e. The van der Waals surface area contributed by atoms with E-state index in [2.05, 4.69) is 20.2 Å². The Hall–Kier alpha value is -3.99. The minimum absolute atomic E-state index is 0.106. The van der Waals surface area contributed by atoms with Gasteiger partial charge < -0.3 is 9.72 Å². The molecule has 0 spiro atoms. The summed E-state index contributed by atoms with van der Waals surface area (Å²) in [5.41, 5.74) is 4.05. The van der Waals surface area contributed by atoms with E-state index in [0.717, 1.165) is 28.4 Å². The van der Waals surface area contributed by atoms with Crippen molar-refractivity contribution in [2.24, 2.45) is 0 Å². The zero-order valence-electron chi connectivity index (χ0n) is 17.1. The number of aromatic amines is 2. The summed E-state index contributed by atoms with van der Waals surface area (Å²) in [7, 11) is 0. The second-order valence-electron chi connectivity index (χ2n) is 7.13. The van der Waals surface area contributed by atoms with E-state index in [9.17, 15) is 9.18 Å². The van der Waals surface area contributed by atoms with Gasteiger partial charge in [0.05, 0.1) is 29.8 Å². The number of benzene rings is 1. The topological polar surface area (TPSA) is 107 Å². The number of ether oxygens (including phenoxy) is 1. The molecule has 0 fully saturated rings. The van der Waals surface area contributed by atoms with Crippen LogP contribution in [0.3, 0.4) is 0 Å². The lowest BCUT2D eigenvalue weighted by Crippen LogP contribution is -2.04. The Kier molecular flexibility index (Phi) is 5.50. The molecule has 3 aromatic heterocycles. The Balaban J connectivity index is 1.53. The first-order valence-electron chi connectivity index (χ1n) is 9.88. The van der Waals surface area contributed by atoms with Gasteiger partial charge in [0.2, 0.25) is 0 Å². The van der Waals surface area contributed by atoms with Crippen molar-refractivity contribution >= 4 is 16.8 Å². The van der Waals surface area contributed by atoms with Gasteiger partial charge in [-0.1, -0.05) is 0 Å². The van der Waals surface area contributed by atoms with E-state index in [1.54, 1.807) is 19.2 Å². The summed E-state index contributed by atoms with van der Waals surface area (Å²) in [4.78, 5) is 20.4. The van der Waals surface area contributed by atoms with Gasteiger partial charge >= 0.3 is 0 Å². The molecule has 0 bridgehead atoms. The number of aromatic nitrogens is 4. The average molecular weight is 417 g/mol. The summed E-state index contributed by atoms with van der Waals surface area (Å²) in [6.07, 6.45) is 2.01. The monoisotopic (exact) mass is 417 g/mol. The Bertz CT molecular complexity index is 1320. The summed E-state index contributed by atoms with van der Waals surface area (Å²) in [6, 6.07) is 10.1. The van der Waals surface area contributed by atoms with Gasteiger partial charge in [0.25, 0.3) is 0 Å². The standard InChI is InChI=1S/C23H20FN5O2/c1-3-31-22-10-14(18(24)8-16(22)11-25)5-7-21(30)20-9-15-4-6-19(27-23(15)28-20)17-12-26-29-13(17)2/h4,6,8-10,12H,3,5,7H2,1-2H3,(H,26,29)(H,27,28). The number of nitrogens with zero attached hydrogens (tertiary/aromatic N) is 3. The van der Waals surface area contributed by atoms with Crippen LogP contribution in [0.25, 0.3) is 22.3 Å². The number of ketones is 1.